The first-order valence-electron chi connectivity index (χ1n) is 15.2. The molecule has 0 saturated carbocycles. The van der Waals surface area contributed by atoms with Crippen molar-refractivity contribution in [3.05, 3.63) is 0 Å². The molecule has 1 fully saturated rings. The predicted octanol–water partition coefficient (Wildman–Crippen LogP) is 10.2. The summed E-state index contributed by atoms with van der Waals surface area (Å²) in [5.41, 5.74) is 0. The number of quaternary nitrogens is 1. The van der Waals surface area contributed by atoms with Crippen LogP contribution in [0.15, 0.2) is 0 Å². The highest BCUT2D eigenvalue weighted by molar-refractivity contribution is 4.57. The van der Waals surface area contributed by atoms with Crippen molar-refractivity contribution >= 4 is 0 Å². The van der Waals surface area contributed by atoms with E-state index in [1.165, 1.54) is 185 Å². The van der Waals surface area contributed by atoms with E-state index in [4.69, 9.17) is 0 Å². The summed E-state index contributed by atoms with van der Waals surface area (Å²) in [6, 6.07) is 0. The minimum Gasteiger partial charge on any atom is -0.324 e. The molecule has 0 atom stereocenters. The first-order chi connectivity index (χ1) is 15.3. The van der Waals surface area contributed by atoms with Crippen LogP contribution in [0.2, 0.25) is 0 Å². The van der Waals surface area contributed by atoms with Crippen LogP contribution in [0.1, 0.15) is 168 Å². The zero-order valence-corrected chi connectivity index (χ0v) is 22.2. The standard InChI is InChI=1S/C30H62N/c1-3-5-7-9-11-13-15-17-19-21-23-27-31(29-25-26-30-31)28-24-22-20-18-16-14-12-10-8-6-4-2/h3-30H2,1-2H3/q+1. The van der Waals surface area contributed by atoms with Crippen molar-refractivity contribution in [2.45, 2.75) is 168 Å². The van der Waals surface area contributed by atoms with E-state index in [1.807, 2.05) is 0 Å². The van der Waals surface area contributed by atoms with Gasteiger partial charge in [0.05, 0.1) is 26.2 Å². The Bertz CT molecular complexity index is 316. The van der Waals surface area contributed by atoms with Gasteiger partial charge in [0.25, 0.3) is 0 Å². The van der Waals surface area contributed by atoms with Crippen LogP contribution in [-0.2, 0) is 0 Å². The summed E-state index contributed by atoms with van der Waals surface area (Å²) in [7, 11) is 0. The molecule has 1 heteroatoms. The van der Waals surface area contributed by atoms with Crippen molar-refractivity contribution in [2.75, 3.05) is 26.2 Å². The van der Waals surface area contributed by atoms with Crippen LogP contribution in [0.25, 0.3) is 0 Å². The molecule has 31 heavy (non-hydrogen) atoms. The monoisotopic (exact) mass is 436 g/mol. The summed E-state index contributed by atoms with van der Waals surface area (Å²) in [5, 5.41) is 0. The Morgan fingerprint density at radius 2 is 0.613 bits per heavy atom. The van der Waals surface area contributed by atoms with E-state index in [-0.39, 0.29) is 0 Å². The molecule has 0 spiro atoms. The van der Waals surface area contributed by atoms with E-state index in [9.17, 15) is 0 Å². The number of hydrogen-bond donors (Lipinski definition) is 0. The highest BCUT2D eigenvalue weighted by atomic mass is 15.4. The summed E-state index contributed by atoms with van der Waals surface area (Å²) < 4.78 is 1.49. The molecule has 186 valence electrons. The smallest absolute Gasteiger partial charge is 0.0788 e. The van der Waals surface area contributed by atoms with Gasteiger partial charge in [-0.2, -0.15) is 0 Å². The minimum absolute atomic E-state index is 1.37. The van der Waals surface area contributed by atoms with E-state index >= 15 is 0 Å². The Balaban J connectivity index is 1.93. The van der Waals surface area contributed by atoms with Crippen molar-refractivity contribution in [3.8, 4) is 0 Å². The van der Waals surface area contributed by atoms with Gasteiger partial charge in [-0.05, 0) is 25.7 Å². The fourth-order valence-corrected chi connectivity index (χ4v) is 5.79. The number of likely N-dealkylation sites (tertiary alicyclic amines) is 1. The predicted molar refractivity (Wildman–Crippen MR) is 142 cm³/mol. The fourth-order valence-electron chi connectivity index (χ4n) is 5.79. The second-order valence-corrected chi connectivity index (χ2v) is 11.0. The Hall–Kier alpha value is -0.0400. The lowest BCUT2D eigenvalue weighted by Gasteiger charge is -2.34. The highest BCUT2D eigenvalue weighted by Gasteiger charge is 2.30. The number of unbranched alkanes of at least 4 members (excludes halogenated alkanes) is 20. The molecule has 1 saturated heterocycles. The van der Waals surface area contributed by atoms with Crippen LogP contribution in [0.3, 0.4) is 0 Å². The third kappa shape index (κ3) is 17.1. The van der Waals surface area contributed by atoms with Crippen LogP contribution in [0, 0.1) is 0 Å². The van der Waals surface area contributed by atoms with E-state index in [1.54, 1.807) is 0 Å². The van der Waals surface area contributed by atoms with Gasteiger partial charge in [-0.15, -0.1) is 0 Å². The van der Waals surface area contributed by atoms with Gasteiger partial charge in [0.1, 0.15) is 0 Å². The van der Waals surface area contributed by atoms with Crippen LogP contribution in [-0.4, -0.2) is 30.7 Å². The Morgan fingerprint density at radius 3 is 0.903 bits per heavy atom. The van der Waals surface area contributed by atoms with Crippen molar-refractivity contribution in [1.82, 2.24) is 0 Å². The average Bonchev–Trinajstić information content (AvgIpc) is 3.25. The second-order valence-electron chi connectivity index (χ2n) is 11.0. The van der Waals surface area contributed by atoms with Crippen molar-refractivity contribution < 1.29 is 4.48 Å². The van der Waals surface area contributed by atoms with E-state index < -0.39 is 0 Å². The molecule has 0 amide bonds. The van der Waals surface area contributed by atoms with Crippen molar-refractivity contribution in [1.29, 1.82) is 0 Å². The molecule has 0 aliphatic carbocycles. The normalized spacial score (nSPS) is 15.7. The molecule has 1 aliphatic heterocycles. The van der Waals surface area contributed by atoms with Gasteiger partial charge in [0.2, 0.25) is 0 Å². The highest BCUT2D eigenvalue weighted by Crippen LogP contribution is 2.23. The molecule has 0 N–H and O–H groups in total. The largest absolute Gasteiger partial charge is 0.324 e. The topological polar surface area (TPSA) is 0 Å². The lowest BCUT2D eigenvalue weighted by molar-refractivity contribution is -0.917. The molecule has 0 bridgehead atoms. The average molecular weight is 437 g/mol. The summed E-state index contributed by atoms with van der Waals surface area (Å²) in [6.07, 6.45) is 35.4. The Morgan fingerprint density at radius 1 is 0.355 bits per heavy atom. The quantitative estimate of drug-likeness (QED) is 0.104. The SMILES string of the molecule is CCCCCCCCCCCCC[N+]1(CCCCCCCCCCCCC)CCCC1. The molecular weight excluding hydrogens is 374 g/mol. The Labute approximate surface area is 198 Å². The molecular formula is C30H62N+. The van der Waals surface area contributed by atoms with E-state index in [0.29, 0.717) is 0 Å². The molecule has 0 unspecified atom stereocenters. The fraction of sp³-hybridized carbons (Fsp3) is 1.00. The zero-order valence-electron chi connectivity index (χ0n) is 22.2. The van der Waals surface area contributed by atoms with Gasteiger partial charge in [0, 0.05) is 12.8 Å². The summed E-state index contributed by atoms with van der Waals surface area (Å²) in [4.78, 5) is 0. The first kappa shape index (κ1) is 29.0. The van der Waals surface area contributed by atoms with Crippen molar-refractivity contribution in [3.63, 3.8) is 0 Å². The molecule has 0 aromatic heterocycles. The van der Waals surface area contributed by atoms with Crippen LogP contribution < -0.4 is 0 Å². The van der Waals surface area contributed by atoms with Crippen LogP contribution in [0.5, 0.6) is 0 Å². The third-order valence-electron chi connectivity index (χ3n) is 7.99. The second kappa shape index (κ2) is 21.8. The molecule has 0 aromatic carbocycles. The zero-order chi connectivity index (χ0) is 22.3. The molecule has 0 aromatic rings. The van der Waals surface area contributed by atoms with Gasteiger partial charge < -0.3 is 4.48 Å². The van der Waals surface area contributed by atoms with Crippen molar-refractivity contribution in [2.24, 2.45) is 0 Å². The van der Waals surface area contributed by atoms with Crippen LogP contribution in [0.4, 0.5) is 0 Å². The first-order valence-corrected chi connectivity index (χ1v) is 15.2. The van der Waals surface area contributed by atoms with E-state index in [2.05, 4.69) is 13.8 Å². The molecule has 1 nitrogen and oxygen atoms in total. The Kier molecular flexibility index (Phi) is 20.4. The van der Waals surface area contributed by atoms with Gasteiger partial charge in [-0.25, -0.2) is 0 Å². The van der Waals surface area contributed by atoms with Gasteiger partial charge >= 0.3 is 0 Å². The maximum absolute atomic E-state index is 2.31. The summed E-state index contributed by atoms with van der Waals surface area (Å²) >= 11 is 0. The lowest BCUT2D eigenvalue weighted by atomic mass is 10.0. The van der Waals surface area contributed by atoms with Gasteiger partial charge in [0.15, 0.2) is 0 Å². The summed E-state index contributed by atoms with van der Waals surface area (Å²) in [5.74, 6) is 0. The number of rotatable bonds is 24. The van der Waals surface area contributed by atoms with Crippen LogP contribution >= 0.6 is 0 Å². The van der Waals surface area contributed by atoms with Gasteiger partial charge in [-0.1, -0.05) is 129 Å². The molecule has 1 rings (SSSR count). The third-order valence-corrected chi connectivity index (χ3v) is 7.99. The minimum atomic E-state index is 1.37. The lowest BCUT2D eigenvalue weighted by Crippen LogP contribution is -2.46. The number of hydrogen-bond acceptors (Lipinski definition) is 0. The maximum atomic E-state index is 2.31. The molecule has 1 heterocycles. The molecule has 0 radical (unpaired) electrons. The summed E-state index contributed by atoms with van der Waals surface area (Å²) in [6.45, 7) is 10.6. The van der Waals surface area contributed by atoms with Gasteiger partial charge in [-0.3, -0.25) is 0 Å². The van der Waals surface area contributed by atoms with E-state index in [0.717, 1.165) is 0 Å². The number of nitrogens with zero attached hydrogens (tertiary/aromatic N) is 1. The molecule has 1 aliphatic rings. The maximum Gasteiger partial charge on any atom is 0.0788 e.